The van der Waals surface area contributed by atoms with Crippen LogP contribution in [-0.2, 0) is 16.1 Å². The highest BCUT2D eigenvalue weighted by atomic mass is 32.1. The highest BCUT2D eigenvalue weighted by Gasteiger charge is 2.18. The molecule has 2 heterocycles. The monoisotopic (exact) mass is 285 g/mol. The van der Waals surface area contributed by atoms with Gasteiger partial charge in [0, 0.05) is 24.6 Å². The van der Waals surface area contributed by atoms with E-state index in [2.05, 4.69) is 4.90 Å². The van der Waals surface area contributed by atoms with Crippen LogP contribution in [0.15, 0.2) is 17.5 Å². The minimum Gasteiger partial charge on any atom is -0.389 e. The molecule has 0 aliphatic carbocycles. The van der Waals surface area contributed by atoms with Crippen LogP contribution in [0.1, 0.15) is 11.3 Å². The van der Waals surface area contributed by atoms with Gasteiger partial charge in [-0.1, -0.05) is 6.07 Å². The van der Waals surface area contributed by atoms with Gasteiger partial charge in [0.1, 0.15) is 0 Å². The van der Waals surface area contributed by atoms with Crippen LogP contribution < -0.4 is 0 Å². The molecule has 0 spiro atoms. The minimum atomic E-state index is -0.424. The van der Waals surface area contributed by atoms with Gasteiger partial charge in [-0.25, -0.2) is 0 Å². The Kier molecular flexibility index (Phi) is 6.26. The number of ether oxygens (including phenoxy) is 2. The molecule has 5 heteroatoms. The molecule has 2 unspecified atom stereocenters. The van der Waals surface area contributed by atoms with E-state index < -0.39 is 6.10 Å². The second-order valence-electron chi connectivity index (χ2n) is 5.20. The van der Waals surface area contributed by atoms with Crippen molar-refractivity contribution in [2.24, 2.45) is 5.92 Å². The maximum atomic E-state index is 9.93. The lowest BCUT2D eigenvalue weighted by atomic mass is 10.1. The summed E-state index contributed by atoms with van der Waals surface area (Å²) >= 11 is 1.68. The fraction of sp³-hybridized carbons (Fsp3) is 0.714. The van der Waals surface area contributed by atoms with Gasteiger partial charge in [0.2, 0.25) is 0 Å². The van der Waals surface area contributed by atoms with Gasteiger partial charge < -0.3 is 19.5 Å². The van der Waals surface area contributed by atoms with Crippen molar-refractivity contribution in [2.75, 3.05) is 40.0 Å². The average molecular weight is 285 g/mol. The van der Waals surface area contributed by atoms with Crippen molar-refractivity contribution in [1.29, 1.82) is 0 Å². The third kappa shape index (κ3) is 5.58. The van der Waals surface area contributed by atoms with Gasteiger partial charge >= 0.3 is 0 Å². The zero-order valence-electron chi connectivity index (χ0n) is 11.5. The molecule has 1 aromatic rings. The summed E-state index contributed by atoms with van der Waals surface area (Å²) in [7, 11) is 2.04. The fourth-order valence-corrected chi connectivity index (χ4v) is 2.99. The molecule has 0 aromatic carbocycles. The van der Waals surface area contributed by atoms with Crippen LogP contribution in [0.2, 0.25) is 0 Å². The summed E-state index contributed by atoms with van der Waals surface area (Å²) < 4.78 is 10.9. The number of aliphatic hydroxyl groups is 1. The van der Waals surface area contributed by atoms with E-state index in [9.17, 15) is 5.11 Å². The summed E-state index contributed by atoms with van der Waals surface area (Å²) in [5, 5.41) is 12.0. The fourth-order valence-electron chi connectivity index (χ4n) is 2.35. The predicted molar refractivity (Wildman–Crippen MR) is 76.4 cm³/mol. The molecule has 1 aliphatic rings. The molecule has 1 saturated heterocycles. The van der Waals surface area contributed by atoms with Crippen LogP contribution in [0, 0.1) is 5.92 Å². The van der Waals surface area contributed by atoms with Gasteiger partial charge in [-0.05, 0) is 30.8 Å². The lowest BCUT2D eigenvalue weighted by Crippen LogP contribution is -2.35. The van der Waals surface area contributed by atoms with Crippen LogP contribution in [-0.4, -0.2) is 56.1 Å². The second-order valence-corrected chi connectivity index (χ2v) is 6.23. The molecule has 1 aromatic heterocycles. The number of rotatable bonds is 8. The highest BCUT2D eigenvalue weighted by Crippen LogP contribution is 2.13. The topological polar surface area (TPSA) is 41.9 Å². The molecule has 2 atom stereocenters. The maximum absolute atomic E-state index is 9.93. The summed E-state index contributed by atoms with van der Waals surface area (Å²) in [6, 6.07) is 4.06. The Labute approximate surface area is 118 Å². The van der Waals surface area contributed by atoms with E-state index in [4.69, 9.17) is 9.47 Å². The van der Waals surface area contributed by atoms with Crippen molar-refractivity contribution in [3.63, 3.8) is 0 Å². The van der Waals surface area contributed by atoms with Gasteiger partial charge in [0.15, 0.2) is 0 Å². The van der Waals surface area contributed by atoms with Gasteiger partial charge in [0.05, 0.1) is 25.9 Å². The average Bonchev–Trinajstić information content (AvgIpc) is 3.01. The number of hydrogen-bond acceptors (Lipinski definition) is 5. The van der Waals surface area contributed by atoms with Crippen LogP contribution in [0.25, 0.3) is 0 Å². The van der Waals surface area contributed by atoms with E-state index >= 15 is 0 Å². The maximum Gasteiger partial charge on any atom is 0.0900 e. The van der Waals surface area contributed by atoms with Gasteiger partial charge in [-0.2, -0.15) is 0 Å². The second kappa shape index (κ2) is 7.97. The number of likely N-dealkylation sites (N-methyl/N-ethyl adjacent to an activating group) is 1. The summed E-state index contributed by atoms with van der Waals surface area (Å²) in [4.78, 5) is 3.36. The Morgan fingerprint density at radius 3 is 3.21 bits per heavy atom. The summed E-state index contributed by atoms with van der Waals surface area (Å²) in [5.41, 5.74) is 0. The van der Waals surface area contributed by atoms with Gasteiger partial charge in [-0.3, -0.25) is 0 Å². The smallest absolute Gasteiger partial charge is 0.0900 e. The normalized spacial score (nSPS) is 21.1. The van der Waals surface area contributed by atoms with Crippen molar-refractivity contribution in [1.82, 2.24) is 4.90 Å². The van der Waals surface area contributed by atoms with Crippen LogP contribution in [0.3, 0.4) is 0 Å². The number of hydrogen-bond donors (Lipinski definition) is 1. The summed E-state index contributed by atoms with van der Waals surface area (Å²) in [5.74, 6) is 0.615. The Bertz CT molecular complexity index is 338. The molecule has 2 rings (SSSR count). The predicted octanol–water partition coefficient (Wildman–Crippen LogP) is 1.59. The molecule has 1 aliphatic heterocycles. The Hall–Kier alpha value is -0.460. The SMILES string of the molecule is CN(CC(O)COCc1cccs1)CC1CCOC1. The standard InChI is InChI=1S/C14H23NO3S/c1-15(7-12-4-5-17-9-12)8-13(16)10-18-11-14-3-2-6-19-14/h2-3,6,12-13,16H,4-5,7-11H2,1H3. The Morgan fingerprint density at radius 2 is 2.53 bits per heavy atom. The molecule has 19 heavy (non-hydrogen) atoms. The molecular weight excluding hydrogens is 262 g/mol. The summed E-state index contributed by atoms with van der Waals surface area (Å²) in [6.45, 7) is 4.36. The quantitative estimate of drug-likeness (QED) is 0.788. The van der Waals surface area contributed by atoms with E-state index in [0.717, 1.165) is 26.2 Å². The largest absolute Gasteiger partial charge is 0.389 e. The van der Waals surface area contributed by atoms with E-state index in [1.807, 2.05) is 24.6 Å². The zero-order chi connectivity index (χ0) is 13.5. The molecule has 1 fully saturated rings. The molecule has 0 bridgehead atoms. The Balaban J connectivity index is 1.56. The van der Waals surface area contributed by atoms with Crippen LogP contribution >= 0.6 is 11.3 Å². The van der Waals surface area contributed by atoms with Gasteiger partial charge in [-0.15, -0.1) is 11.3 Å². The third-order valence-electron chi connectivity index (χ3n) is 3.25. The zero-order valence-corrected chi connectivity index (χ0v) is 12.3. The van der Waals surface area contributed by atoms with E-state index in [1.54, 1.807) is 11.3 Å². The first kappa shape index (κ1) is 14.9. The highest BCUT2D eigenvalue weighted by molar-refractivity contribution is 7.09. The lowest BCUT2D eigenvalue weighted by Gasteiger charge is -2.22. The molecule has 108 valence electrons. The summed E-state index contributed by atoms with van der Waals surface area (Å²) in [6.07, 6.45) is 0.710. The van der Waals surface area contributed by atoms with Crippen LogP contribution in [0.4, 0.5) is 0 Å². The molecule has 1 N–H and O–H groups in total. The van der Waals surface area contributed by atoms with E-state index in [1.165, 1.54) is 4.88 Å². The van der Waals surface area contributed by atoms with Crippen molar-refractivity contribution in [3.8, 4) is 0 Å². The minimum absolute atomic E-state index is 0.392. The first-order valence-electron chi connectivity index (χ1n) is 6.78. The van der Waals surface area contributed by atoms with Gasteiger partial charge in [0.25, 0.3) is 0 Å². The van der Waals surface area contributed by atoms with Crippen molar-refractivity contribution in [2.45, 2.75) is 19.1 Å². The van der Waals surface area contributed by atoms with E-state index in [0.29, 0.717) is 25.7 Å². The van der Waals surface area contributed by atoms with Crippen molar-refractivity contribution < 1.29 is 14.6 Å². The third-order valence-corrected chi connectivity index (χ3v) is 4.10. The number of nitrogens with zero attached hydrogens (tertiary/aromatic N) is 1. The molecule has 0 radical (unpaired) electrons. The van der Waals surface area contributed by atoms with Crippen LogP contribution in [0.5, 0.6) is 0 Å². The van der Waals surface area contributed by atoms with Crippen molar-refractivity contribution in [3.05, 3.63) is 22.4 Å². The molecular formula is C14H23NO3S. The first-order valence-corrected chi connectivity index (χ1v) is 7.66. The van der Waals surface area contributed by atoms with E-state index in [-0.39, 0.29) is 0 Å². The molecule has 0 amide bonds. The lowest BCUT2D eigenvalue weighted by molar-refractivity contribution is 0.0124. The molecule has 4 nitrogen and oxygen atoms in total. The Morgan fingerprint density at radius 1 is 1.63 bits per heavy atom. The number of thiophene rings is 1. The first-order chi connectivity index (χ1) is 9.24. The van der Waals surface area contributed by atoms with Crippen molar-refractivity contribution >= 4 is 11.3 Å². The number of aliphatic hydroxyl groups excluding tert-OH is 1. The molecule has 0 saturated carbocycles.